The molecule has 1 aromatic carbocycles. The molecule has 0 bridgehead atoms. The number of piperidine rings is 1. The van der Waals surface area contributed by atoms with Crippen molar-refractivity contribution in [2.45, 2.75) is 58.5 Å². The van der Waals surface area contributed by atoms with Gasteiger partial charge in [0.05, 0.1) is 5.52 Å². The van der Waals surface area contributed by atoms with Crippen LogP contribution < -0.4 is 5.32 Å². The van der Waals surface area contributed by atoms with Crippen LogP contribution in [-0.2, 0) is 6.54 Å². The third kappa shape index (κ3) is 4.54. The Hall–Kier alpha value is -2.73. The number of aromatic amines is 1. The number of nitrogens with zero attached hydrogens (tertiary/aromatic N) is 3. The van der Waals surface area contributed by atoms with Gasteiger partial charge in [-0.2, -0.15) is 5.10 Å². The minimum absolute atomic E-state index is 0.121. The van der Waals surface area contributed by atoms with Crippen molar-refractivity contribution >= 4 is 16.8 Å². The van der Waals surface area contributed by atoms with Crippen molar-refractivity contribution in [3.63, 3.8) is 0 Å². The minimum Gasteiger partial charge on any atom is -0.348 e. The summed E-state index contributed by atoms with van der Waals surface area (Å²) < 4.78 is 0. The molecule has 1 aliphatic rings. The molecule has 1 fully saturated rings. The Balaban J connectivity index is 1.59. The lowest BCUT2D eigenvalue weighted by atomic mass is 10.0. The molecule has 4 rings (SSSR count). The first-order valence-electron chi connectivity index (χ1n) is 11.1. The van der Waals surface area contributed by atoms with E-state index in [9.17, 15) is 4.79 Å². The summed E-state index contributed by atoms with van der Waals surface area (Å²) >= 11 is 0. The van der Waals surface area contributed by atoms with Gasteiger partial charge in [0.15, 0.2) is 5.69 Å². The Morgan fingerprint density at radius 1 is 1.10 bits per heavy atom. The quantitative estimate of drug-likeness (QED) is 0.606. The van der Waals surface area contributed by atoms with Gasteiger partial charge in [-0.25, -0.2) is 0 Å². The van der Waals surface area contributed by atoms with E-state index in [2.05, 4.69) is 51.4 Å². The van der Waals surface area contributed by atoms with Crippen molar-refractivity contribution in [2.75, 3.05) is 13.1 Å². The summed E-state index contributed by atoms with van der Waals surface area (Å²) in [5, 5.41) is 11.2. The second-order valence-electron chi connectivity index (χ2n) is 8.24. The molecule has 30 heavy (non-hydrogen) atoms. The number of rotatable bonds is 7. The van der Waals surface area contributed by atoms with Crippen molar-refractivity contribution in [3.05, 3.63) is 47.9 Å². The van der Waals surface area contributed by atoms with E-state index in [1.165, 1.54) is 37.9 Å². The zero-order valence-electron chi connectivity index (χ0n) is 17.9. The fourth-order valence-corrected chi connectivity index (χ4v) is 4.22. The van der Waals surface area contributed by atoms with Crippen LogP contribution in [0.1, 0.15) is 62.0 Å². The molecule has 3 aromatic rings. The number of pyridine rings is 1. The smallest absolute Gasteiger partial charge is 0.272 e. The van der Waals surface area contributed by atoms with Crippen molar-refractivity contribution in [3.8, 4) is 11.1 Å². The number of H-pyrrole nitrogens is 1. The number of carbonyl (C=O) groups excluding carboxylic acids is 1. The van der Waals surface area contributed by atoms with Crippen LogP contribution in [0.25, 0.3) is 22.0 Å². The van der Waals surface area contributed by atoms with E-state index in [-0.39, 0.29) is 11.9 Å². The van der Waals surface area contributed by atoms with Crippen molar-refractivity contribution in [1.82, 2.24) is 25.4 Å². The Bertz CT molecular complexity index is 1000. The molecular formula is C24H31N5O. The first-order valence-corrected chi connectivity index (χ1v) is 11.1. The highest BCUT2D eigenvalue weighted by molar-refractivity contribution is 6.05. The maximum Gasteiger partial charge on any atom is 0.272 e. The SMILES string of the molecule is CCC(CC)NC(=O)c1n[nH]c2ccc(-c3cncc(CN4CCCCC4)c3)cc12. The van der Waals surface area contributed by atoms with Crippen LogP contribution in [0.5, 0.6) is 0 Å². The predicted molar refractivity (Wildman–Crippen MR) is 120 cm³/mol. The fourth-order valence-electron chi connectivity index (χ4n) is 4.22. The fraction of sp³-hybridized carbons (Fsp3) is 0.458. The highest BCUT2D eigenvalue weighted by Crippen LogP contribution is 2.26. The number of hydrogen-bond donors (Lipinski definition) is 2. The first-order chi connectivity index (χ1) is 14.7. The first kappa shape index (κ1) is 20.5. The van der Waals surface area contributed by atoms with Crippen LogP contribution in [0, 0.1) is 0 Å². The van der Waals surface area contributed by atoms with E-state index in [1.54, 1.807) is 0 Å². The maximum atomic E-state index is 12.8. The molecule has 2 N–H and O–H groups in total. The van der Waals surface area contributed by atoms with Gasteiger partial charge in [-0.15, -0.1) is 0 Å². The van der Waals surface area contributed by atoms with Gasteiger partial charge in [0.1, 0.15) is 0 Å². The maximum absolute atomic E-state index is 12.8. The molecule has 3 heterocycles. The second kappa shape index (κ2) is 9.39. The molecule has 0 aliphatic carbocycles. The Kier molecular flexibility index (Phi) is 6.43. The number of aromatic nitrogens is 3. The summed E-state index contributed by atoms with van der Waals surface area (Å²) in [6.07, 6.45) is 9.58. The summed E-state index contributed by atoms with van der Waals surface area (Å²) in [6.45, 7) is 7.44. The third-order valence-corrected chi connectivity index (χ3v) is 6.08. The highest BCUT2D eigenvalue weighted by atomic mass is 16.2. The molecule has 2 aromatic heterocycles. The molecule has 1 saturated heterocycles. The van der Waals surface area contributed by atoms with Crippen LogP contribution in [0.2, 0.25) is 0 Å². The molecule has 6 heteroatoms. The summed E-state index contributed by atoms with van der Waals surface area (Å²) in [5.41, 5.74) is 4.67. The zero-order chi connectivity index (χ0) is 20.9. The van der Waals surface area contributed by atoms with Gasteiger partial charge < -0.3 is 5.32 Å². The minimum atomic E-state index is -0.121. The average Bonchev–Trinajstić information content (AvgIpc) is 3.21. The molecule has 0 spiro atoms. The molecule has 6 nitrogen and oxygen atoms in total. The molecule has 0 atom stereocenters. The molecule has 0 radical (unpaired) electrons. The van der Waals surface area contributed by atoms with E-state index < -0.39 is 0 Å². The predicted octanol–water partition coefficient (Wildman–Crippen LogP) is 4.53. The number of nitrogens with one attached hydrogen (secondary N) is 2. The number of benzene rings is 1. The van der Waals surface area contributed by atoms with E-state index in [0.717, 1.165) is 41.4 Å². The van der Waals surface area contributed by atoms with Crippen LogP contribution in [-0.4, -0.2) is 45.1 Å². The van der Waals surface area contributed by atoms with Crippen molar-refractivity contribution < 1.29 is 4.79 Å². The Morgan fingerprint density at radius 2 is 1.90 bits per heavy atom. The Labute approximate surface area is 178 Å². The lowest BCUT2D eigenvalue weighted by Gasteiger charge is -2.26. The van der Waals surface area contributed by atoms with E-state index >= 15 is 0 Å². The topological polar surface area (TPSA) is 73.9 Å². The van der Waals surface area contributed by atoms with Crippen LogP contribution in [0.3, 0.4) is 0 Å². The van der Waals surface area contributed by atoms with E-state index in [1.807, 2.05) is 24.5 Å². The van der Waals surface area contributed by atoms with Gasteiger partial charge >= 0.3 is 0 Å². The lowest BCUT2D eigenvalue weighted by Crippen LogP contribution is -2.34. The van der Waals surface area contributed by atoms with Crippen LogP contribution in [0.15, 0.2) is 36.7 Å². The monoisotopic (exact) mass is 405 g/mol. The zero-order valence-corrected chi connectivity index (χ0v) is 17.9. The van der Waals surface area contributed by atoms with Gasteiger partial charge in [-0.05, 0) is 68.1 Å². The third-order valence-electron chi connectivity index (χ3n) is 6.08. The number of hydrogen-bond acceptors (Lipinski definition) is 4. The molecule has 1 aliphatic heterocycles. The summed E-state index contributed by atoms with van der Waals surface area (Å²) in [7, 11) is 0. The van der Waals surface area contributed by atoms with Crippen molar-refractivity contribution in [2.24, 2.45) is 0 Å². The van der Waals surface area contributed by atoms with Crippen molar-refractivity contribution in [1.29, 1.82) is 0 Å². The molecule has 1 amide bonds. The van der Waals surface area contributed by atoms with Gasteiger partial charge in [0.2, 0.25) is 0 Å². The highest BCUT2D eigenvalue weighted by Gasteiger charge is 2.17. The van der Waals surface area contributed by atoms with Gasteiger partial charge in [0.25, 0.3) is 5.91 Å². The molecule has 158 valence electrons. The van der Waals surface area contributed by atoms with Gasteiger partial charge in [-0.3, -0.25) is 19.8 Å². The average molecular weight is 406 g/mol. The molecular weight excluding hydrogens is 374 g/mol. The van der Waals surface area contributed by atoms with Crippen LogP contribution in [0.4, 0.5) is 0 Å². The van der Waals surface area contributed by atoms with E-state index in [0.29, 0.717) is 5.69 Å². The van der Waals surface area contributed by atoms with Crippen LogP contribution >= 0.6 is 0 Å². The number of fused-ring (bicyclic) bond motifs is 1. The lowest BCUT2D eigenvalue weighted by molar-refractivity contribution is 0.0931. The number of carbonyl (C=O) groups is 1. The second-order valence-corrected chi connectivity index (χ2v) is 8.24. The molecule has 0 saturated carbocycles. The largest absolute Gasteiger partial charge is 0.348 e. The standard InChI is InChI=1S/C24H31N5O/c1-3-20(4-2)26-24(30)23-21-13-18(8-9-22(21)27-28-23)19-12-17(14-25-15-19)16-29-10-6-5-7-11-29/h8-9,12-15,20H,3-7,10-11,16H2,1-2H3,(H,26,30)(H,27,28). The number of likely N-dealkylation sites (tertiary alicyclic amines) is 1. The van der Waals surface area contributed by atoms with Gasteiger partial charge in [0, 0.05) is 35.9 Å². The summed E-state index contributed by atoms with van der Waals surface area (Å²) in [4.78, 5) is 19.7. The Morgan fingerprint density at radius 3 is 2.67 bits per heavy atom. The van der Waals surface area contributed by atoms with E-state index in [4.69, 9.17) is 0 Å². The normalized spacial score (nSPS) is 15.0. The summed E-state index contributed by atoms with van der Waals surface area (Å²) in [6, 6.07) is 8.48. The van der Waals surface area contributed by atoms with Gasteiger partial charge in [-0.1, -0.05) is 26.3 Å². The summed E-state index contributed by atoms with van der Waals surface area (Å²) in [5.74, 6) is -0.121. The number of amides is 1. The molecule has 0 unspecified atom stereocenters.